The van der Waals surface area contributed by atoms with Crippen molar-refractivity contribution in [1.29, 1.82) is 0 Å². The van der Waals surface area contributed by atoms with Crippen molar-refractivity contribution in [2.75, 3.05) is 6.61 Å². The summed E-state index contributed by atoms with van der Waals surface area (Å²) >= 11 is 7.49. The van der Waals surface area contributed by atoms with E-state index < -0.39 is 0 Å². The maximum Gasteiger partial charge on any atom is 0.249 e. The molecule has 6 heteroatoms. The van der Waals surface area contributed by atoms with E-state index >= 15 is 0 Å². The summed E-state index contributed by atoms with van der Waals surface area (Å²) in [5, 5.41) is 6.64. The maximum absolute atomic E-state index is 11.9. The summed E-state index contributed by atoms with van der Waals surface area (Å²) in [5.41, 5.74) is 2.06. The lowest BCUT2D eigenvalue weighted by Gasteiger charge is -2.08. The summed E-state index contributed by atoms with van der Waals surface area (Å²) in [6.07, 6.45) is 2.26. The first-order valence-electron chi connectivity index (χ1n) is 7.28. The van der Waals surface area contributed by atoms with E-state index in [1.54, 1.807) is 11.3 Å². The molecule has 0 spiro atoms. The van der Waals surface area contributed by atoms with Gasteiger partial charge in [0.1, 0.15) is 6.10 Å². The predicted molar refractivity (Wildman–Crippen MR) is 87.2 cm³/mol. The monoisotopic (exact) mass is 336 g/mol. The third-order valence-corrected chi connectivity index (χ3v) is 4.68. The van der Waals surface area contributed by atoms with E-state index in [4.69, 9.17) is 16.3 Å². The van der Waals surface area contributed by atoms with Gasteiger partial charge in [0.15, 0.2) is 0 Å². The number of nitrogens with zero attached hydrogens (tertiary/aromatic N) is 1. The number of thiazole rings is 1. The highest BCUT2D eigenvalue weighted by Gasteiger charge is 2.23. The summed E-state index contributed by atoms with van der Waals surface area (Å²) in [7, 11) is 0. The van der Waals surface area contributed by atoms with Crippen LogP contribution in [0.25, 0.3) is 0 Å². The van der Waals surface area contributed by atoms with E-state index in [1.807, 2.05) is 29.6 Å². The van der Waals surface area contributed by atoms with Gasteiger partial charge >= 0.3 is 0 Å². The van der Waals surface area contributed by atoms with Crippen LogP contribution in [-0.4, -0.2) is 23.6 Å². The summed E-state index contributed by atoms with van der Waals surface area (Å²) in [5.74, 6) is -0.0373. The van der Waals surface area contributed by atoms with Crippen molar-refractivity contribution < 1.29 is 9.53 Å². The molecule has 1 atom stereocenters. The Morgan fingerprint density at radius 1 is 1.41 bits per heavy atom. The van der Waals surface area contributed by atoms with Gasteiger partial charge in [0, 0.05) is 23.4 Å². The fraction of sp³-hybridized carbons (Fsp3) is 0.375. The van der Waals surface area contributed by atoms with Crippen molar-refractivity contribution in [3.05, 3.63) is 50.9 Å². The first-order chi connectivity index (χ1) is 10.7. The van der Waals surface area contributed by atoms with Crippen molar-refractivity contribution in [1.82, 2.24) is 10.3 Å². The minimum atomic E-state index is -0.285. The molecule has 1 N–H and O–H groups in total. The normalized spacial score (nSPS) is 17.6. The summed E-state index contributed by atoms with van der Waals surface area (Å²) in [6.45, 7) is 1.13. The Hall–Kier alpha value is -1.43. The van der Waals surface area contributed by atoms with Gasteiger partial charge in [-0.1, -0.05) is 23.7 Å². The Bertz CT molecular complexity index is 636. The number of halogens is 1. The number of nitrogens with one attached hydrogen (secondary N) is 1. The van der Waals surface area contributed by atoms with Crippen molar-refractivity contribution in [2.24, 2.45) is 0 Å². The summed E-state index contributed by atoms with van der Waals surface area (Å²) < 4.78 is 5.36. The minimum absolute atomic E-state index is 0.0373. The highest BCUT2D eigenvalue weighted by molar-refractivity contribution is 7.09. The lowest BCUT2D eigenvalue weighted by atomic mass is 10.2. The van der Waals surface area contributed by atoms with Crippen LogP contribution in [0.5, 0.6) is 0 Å². The smallest absolute Gasteiger partial charge is 0.249 e. The van der Waals surface area contributed by atoms with Crippen LogP contribution in [-0.2, 0) is 22.5 Å². The second-order valence-corrected chi connectivity index (χ2v) is 6.63. The second kappa shape index (κ2) is 7.22. The molecule has 2 aromatic rings. The van der Waals surface area contributed by atoms with Gasteiger partial charge < -0.3 is 10.1 Å². The maximum atomic E-state index is 11.9. The number of ether oxygens (including phenoxy) is 1. The van der Waals surface area contributed by atoms with Gasteiger partial charge in [0.25, 0.3) is 0 Å². The van der Waals surface area contributed by atoms with Gasteiger partial charge in [-0.15, -0.1) is 11.3 Å². The van der Waals surface area contributed by atoms with Crippen molar-refractivity contribution in [3.8, 4) is 0 Å². The largest absolute Gasteiger partial charge is 0.368 e. The molecule has 1 fully saturated rings. The van der Waals surface area contributed by atoms with Crippen LogP contribution in [0.2, 0.25) is 5.02 Å². The molecule has 3 rings (SSSR count). The lowest BCUT2D eigenvalue weighted by molar-refractivity contribution is -0.130. The SMILES string of the molecule is O=C(NCc1csc(Cc2ccc(Cl)cc2)n1)[C@H]1CCCO1. The topological polar surface area (TPSA) is 51.2 Å². The summed E-state index contributed by atoms with van der Waals surface area (Å²) in [6, 6.07) is 7.77. The van der Waals surface area contributed by atoms with Gasteiger partial charge in [0.05, 0.1) is 17.2 Å². The average Bonchev–Trinajstić information content (AvgIpc) is 3.19. The molecule has 2 heterocycles. The van der Waals surface area contributed by atoms with E-state index in [9.17, 15) is 4.79 Å². The number of rotatable bonds is 5. The van der Waals surface area contributed by atoms with Gasteiger partial charge in [-0.25, -0.2) is 4.98 Å². The van der Waals surface area contributed by atoms with Crippen LogP contribution in [0.3, 0.4) is 0 Å². The zero-order valence-electron chi connectivity index (χ0n) is 12.0. The third-order valence-electron chi connectivity index (χ3n) is 3.53. The molecular formula is C16H17ClN2O2S. The zero-order valence-corrected chi connectivity index (χ0v) is 13.6. The van der Waals surface area contributed by atoms with Crippen LogP contribution in [0.15, 0.2) is 29.6 Å². The predicted octanol–water partition coefficient (Wildman–Crippen LogP) is 3.18. The van der Waals surface area contributed by atoms with Crippen LogP contribution >= 0.6 is 22.9 Å². The van der Waals surface area contributed by atoms with Gasteiger partial charge in [-0.3, -0.25) is 4.79 Å². The average molecular weight is 337 g/mol. The molecule has 0 radical (unpaired) electrons. The second-order valence-electron chi connectivity index (χ2n) is 5.26. The fourth-order valence-electron chi connectivity index (χ4n) is 2.36. The van der Waals surface area contributed by atoms with Crippen LogP contribution in [0.1, 0.15) is 29.1 Å². The number of carbonyl (C=O) groups is 1. The van der Waals surface area contributed by atoms with E-state index in [0.717, 1.165) is 35.0 Å². The molecule has 116 valence electrons. The van der Waals surface area contributed by atoms with Gasteiger partial charge in [0.2, 0.25) is 5.91 Å². The molecule has 22 heavy (non-hydrogen) atoms. The van der Waals surface area contributed by atoms with Crippen LogP contribution in [0, 0.1) is 0 Å². The number of carbonyl (C=O) groups excluding carboxylic acids is 1. The number of hydrogen-bond donors (Lipinski definition) is 1. The Morgan fingerprint density at radius 2 is 2.23 bits per heavy atom. The fourth-order valence-corrected chi connectivity index (χ4v) is 3.32. The van der Waals surface area contributed by atoms with E-state index in [2.05, 4.69) is 10.3 Å². The molecule has 1 aromatic carbocycles. The molecule has 0 bridgehead atoms. The van der Waals surface area contributed by atoms with Gasteiger partial charge in [-0.05, 0) is 30.5 Å². The van der Waals surface area contributed by atoms with E-state index in [1.165, 1.54) is 5.56 Å². The Morgan fingerprint density at radius 3 is 2.95 bits per heavy atom. The minimum Gasteiger partial charge on any atom is -0.368 e. The number of benzene rings is 1. The molecule has 1 aromatic heterocycles. The molecule has 1 amide bonds. The highest BCUT2D eigenvalue weighted by atomic mass is 35.5. The number of aromatic nitrogens is 1. The van der Waals surface area contributed by atoms with Crippen LogP contribution in [0.4, 0.5) is 0 Å². The van der Waals surface area contributed by atoms with Crippen molar-refractivity contribution in [3.63, 3.8) is 0 Å². The zero-order chi connectivity index (χ0) is 15.4. The summed E-state index contributed by atoms with van der Waals surface area (Å²) in [4.78, 5) is 16.4. The highest BCUT2D eigenvalue weighted by Crippen LogP contribution is 2.17. The van der Waals surface area contributed by atoms with Crippen LogP contribution < -0.4 is 5.32 Å². The molecule has 0 unspecified atom stereocenters. The van der Waals surface area contributed by atoms with E-state index in [-0.39, 0.29) is 12.0 Å². The molecule has 4 nitrogen and oxygen atoms in total. The quantitative estimate of drug-likeness (QED) is 0.912. The molecule has 1 aliphatic heterocycles. The lowest BCUT2D eigenvalue weighted by Crippen LogP contribution is -2.33. The Kier molecular flexibility index (Phi) is 5.08. The van der Waals surface area contributed by atoms with Gasteiger partial charge in [-0.2, -0.15) is 0 Å². The van der Waals surface area contributed by atoms with Crippen molar-refractivity contribution >= 4 is 28.8 Å². The molecule has 0 aliphatic carbocycles. The molecular weight excluding hydrogens is 320 g/mol. The third kappa shape index (κ3) is 4.06. The Labute approximate surface area is 138 Å². The molecule has 0 saturated carbocycles. The molecule has 1 aliphatic rings. The number of amides is 1. The van der Waals surface area contributed by atoms with E-state index in [0.29, 0.717) is 13.2 Å². The first-order valence-corrected chi connectivity index (χ1v) is 8.53. The Balaban J connectivity index is 1.52. The number of hydrogen-bond acceptors (Lipinski definition) is 4. The molecule has 1 saturated heterocycles. The van der Waals surface area contributed by atoms with Crippen molar-refractivity contribution in [2.45, 2.75) is 31.9 Å². The first kappa shape index (κ1) is 15.5. The standard InChI is InChI=1S/C16H17ClN2O2S/c17-12-5-3-11(4-6-12)8-15-19-13(10-22-15)9-18-16(20)14-2-1-7-21-14/h3-6,10,14H,1-2,7-9H2,(H,18,20)/t14-/m1/s1.